The number of nitrogens with one attached hydrogen (secondary N) is 3. The molecule has 3 N–H and O–H groups in total. The molecule has 3 aromatic rings. The van der Waals surface area contributed by atoms with Crippen molar-refractivity contribution in [1.29, 1.82) is 0 Å². The first-order chi connectivity index (χ1) is 14.0. The molecule has 0 spiro atoms. The summed E-state index contributed by atoms with van der Waals surface area (Å²) >= 11 is 6.56. The number of aromatic amines is 1. The van der Waals surface area contributed by atoms with E-state index in [-0.39, 0.29) is 24.4 Å². The highest BCUT2D eigenvalue weighted by Gasteiger charge is 2.36. The van der Waals surface area contributed by atoms with Gasteiger partial charge < -0.3 is 10.3 Å². The Labute approximate surface area is 174 Å². The second kappa shape index (κ2) is 7.89. The molecule has 2 aromatic carbocycles. The number of carbonyl (C=O) groups excluding carboxylic acids is 2. The summed E-state index contributed by atoms with van der Waals surface area (Å²) in [5.41, 5.74) is 4.40. The van der Waals surface area contributed by atoms with Crippen LogP contribution < -0.4 is 10.6 Å². The highest BCUT2D eigenvalue weighted by atomic mass is 35.5. The lowest BCUT2D eigenvalue weighted by molar-refractivity contribution is -0.121. The van der Waals surface area contributed by atoms with Crippen LogP contribution in [0.1, 0.15) is 35.7 Å². The molecule has 0 saturated carbocycles. The van der Waals surface area contributed by atoms with Crippen LogP contribution in [0.15, 0.2) is 48.5 Å². The van der Waals surface area contributed by atoms with E-state index in [4.69, 9.17) is 11.6 Å². The molecule has 6 nitrogen and oxygen atoms in total. The number of benzene rings is 2. The zero-order valence-corrected chi connectivity index (χ0v) is 17.1. The van der Waals surface area contributed by atoms with E-state index in [2.05, 4.69) is 39.6 Å². The van der Waals surface area contributed by atoms with Crippen molar-refractivity contribution in [3.8, 4) is 0 Å². The second-order valence-electron chi connectivity index (χ2n) is 7.30. The predicted octanol–water partition coefficient (Wildman–Crippen LogP) is 3.79. The summed E-state index contributed by atoms with van der Waals surface area (Å²) in [5, 5.41) is 6.64. The van der Waals surface area contributed by atoms with Gasteiger partial charge in [0.2, 0.25) is 5.91 Å². The Morgan fingerprint density at radius 1 is 1.17 bits per heavy atom. The number of fused-ring (bicyclic) bond motifs is 3. The number of hydrogen-bond acceptors (Lipinski definition) is 3. The highest BCUT2D eigenvalue weighted by molar-refractivity contribution is 6.31. The fourth-order valence-corrected chi connectivity index (χ4v) is 4.45. The lowest BCUT2D eigenvalue weighted by Crippen LogP contribution is -2.46. The summed E-state index contributed by atoms with van der Waals surface area (Å²) in [6, 6.07) is 15.5. The number of halogens is 1. The Morgan fingerprint density at radius 3 is 2.66 bits per heavy atom. The normalized spacial score (nSPS) is 19.0. The van der Waals surface area contributed by atoms with E-state index in [0.717, 1.165) is 16.8 Å². The maximum absolute atomic E-state index is 12.4. The summed E-state index contributed by atoms with van der Waals surface area (Å²) in [5.74, 6) is -0.326. The molecule has 4 rings (SSSR count). The smallest absolute Gasteiger partial charge is 0.321 e. The van der Waals surface area contributed by atoms with Crippen LogP contribution in [0.25, 0.3) is 10.9 Å². The molecule has 2 atom stereocenters. The van der Waals surface area contributed by atoms with E-state index in [1.165, 1.54) is 18.0 Å². The first-order valence-corrected chi connectivity index (χ1v) is 9.98. The van der Waals surface area contributed by atoms with Gasteiger partial charge >= 0.3 is 6.03 Å². The standard InChI is InChI=1S/C22H23ClN4O2/c1-13-21-20(15-8-4-6-10-18(15)25-21)16(14-7-3-5-9-17(14)23)11-27(13)12-19(28)26-22(29)24-2/h3-10,13,16,25H,11-12H2,1-2H3,(H2,24,26,28,29). The third-order valence-corrected chi connectivity index (χ3v) is 5.96. The number of amides is 3. The minimum Gasteiger partial charge on any atom is -0.357 e. The molecule has 150 valence electrons. The first-order valence-electron chi connectivity index (χ1n) is 9.60. The number of H-pyrrole nitrogens is 1. The van der Waals surface area contributed by atoms with E-state index >= 15 is 0 Å². The zero-order valence-electron chi connectivity index (χ0n) is 16.3. The van der Waals surface area contributed by atoms with Gasteiger partial charge in [0, 0.05) is 47.2 Å². The Morgan fingerprint density at radius 2 is 1.90 bits per heavy atom. The number of carbonyl (C=O) groups is 2. The van der Waals surface area contributed by atoms with Crippen molar-refractivity contribution < 1.29 is 9.59 Å². The van der Waals surface area contributed by atoms with Crippen LogP contribution >= 0.6 is 11.6 Å². The number of aromatic nitrogens is 1. The molecule has 2 heterocycles. The Kier molecular flexibility index (Phi) is 5.30. The fraction of sp³-hybridized carbons (Fsp3) is 0.273. The topological polar surface area (TPSA) is 77.2 Å². The number of nitrogens with zero attached hydrogens (tertiary/aromatic N) is 1. The van der Waals surface area contributed by atoms with E-state index in [0.29, 0.717) is 11.6 Å². The minimum atomic E-state index is -0.506. The molecule has 0 aliphatic carbocycles. The summed E-state index contributed by atoms with van der Waals surface area (Å²) < 4.78 is 0. The Balaban J connectivity index is 1.77. The molecule has 1 aromatic heterocycles. The molecular formula is C22H23ClN4O2. The van der Waals surface area contributed by atoms with Gasteiger partial charge in [0.05, 0.1) is 6.54 Å². The monoisotopic (exact) mass is 410 g/mol. The first kappa shape index (κ1) is 19.5. The van der Waals surface area contributed by atoms with Gasteiger partial charge in [0.15, 0.2) is 0 Å². The van der Waals surface area contributed by atoms with Gasteiger partial charge in [-0.1, -0.05) is 48.0 Å². The van der Waals surface area contributed by atoms with Crippen molar-refractivity contribution in [3.05, 3.63) is 70.4 Å². The zero-order chi connectivity index (χ0) is 20.5. The molecule has 1 aliphatic rings. The average molecular weight is 411 g/mol. The maximum Gasteiger partial charge on any atom is 0.321 e. The third kappa shape index (κ3) is 3.61. The van der Waals surface area contributed by atoms with Crippen LogP contribution in [0.4, 0.5) is 4.79 Å². The molecule has 0 bridgehead atoms. The Hall–Kier alpha value is -2.83. The van der Waals surface area contributed by atoms with Gasteiger partial charge in [-0.25, -0.2) is 4.79 Å². The number of hydrogen-bond donors (Lipinski definition) is 3. The summed E-state index contributed by atoms with van der Waals surface area (Å²) in [6.07, 6.45) is 0. The molecule has 0 radical (unpaired) electrons. The molecule has 1 aliphatic heterocycles. The van der Waals surface area contributed by atoms with E-state index in [9.17, 15) is 9.59 Å². The van der Waals surface area contributed by atoms with Crippen LogP contribution in [0.3, 0.4) is 0 Å². The van der Waals surface area contributed by atoms with Crippen LogP contribution in [0.2, 0.25) is 5.02 Å². The van der Waals surface area contributed by atoms with Crippen LogP contribution in [-0.2, 0) is 4.79 Å². The quantitative estimate of drug-likeness (QED) is 0.614. The van der Waals surface area contributed by atoms with Crippen molar-refractivity contribution in [2.45, 2.75) is 18.9 Å². The van der Waals surface area contributed by atoms with Crippen molar-refractivity contribution in [1.82, 2.24) is 20.5 Å². The molecule has 3 amide bonds. The van der Waals surface area contributed by atoms with Gasteiger partial charge in [-0.2, -0.15) is 0 Å². The van der Waals surface area contributed by atoms with Crippen molar-refractivity contribution in [2.24, 2.45) is 0 Å². The van der Waals surface area contributed by atoms with Crippen molar-refractivity contribution in [3.63, 3.8) is 0 Å². The van der Waals surface area contributed by atoms with Crippen LogP contribution in [-0.4, -0.2) is 42.0 Å². The molecule has 7 heteroatoms. The van der Waals surface area contributed by atoms with E-state index in [1.54, 1.807) is 0 Å². The fourth-order valence-electron chi connectivity index (χ4n) is 4.18. The van der Waals surface area contributed by atoms with Crippen LogP contribution in [0, 0.1) is 0 Å². The largest absolute Gasteiger partial charge is 0.357 e. The summed E-state index contributed by atoms with van der Waals surface area (Å²) in [7, 11) is 1.48. The molecule has 29 heavy (non-hydrogen) atoms. The van der Waals surface area contributed by atoms with E-state index in [1.807, 2.05) is 36.4 Å². The molecule has 2 unspecified atom stereocenters. The third-order valence-electron chi connectivity index (χ3n) is 5.62. The second-order valence-corrected chi connectivity index (χ2v) is 7.71. The van der Waals surface area contributed by atoms with E-state index < -0.39 is 6.03 Å². The summed E-state index contributed by atoms with van der Waals surface area (Å²) in [6.45, 7) is 2.81. The van der Waals surface area contributed by atoms with Crippen LogP contribution in [0.5, 0.6) is 0 Å². The minimum absolute atomic E-state index is 0.00780. The lowest BCUT2D eigenvalue weighted by atomic mass is 9.83. The average Bonchev–Trinajstić information content (AvgIpc) is 3.10. The predicted molar refractivity (Wildman–Crippen MR) is 114 cm³/mol. The van der Waals surface area contributed by atoms with Gasteiger partial charge in [0.25, 0.3) is 0 Å². The highest BCUT2D eigenvalue weighted by Crippen LogP contribution is 2.44. The number of urea groups is 1. The lowest BCUT2D eigenvalue weighted by Gasteiger charge is -2.38. The number of rotatable bonds is 3. The molecular weight excluding hydrogens is 388 g/mol. The molecule has 0 fully saturated rings. The summed E-state index contributed by atoms with van der Waals surface area (Å²) in [4.78, 5) is 29.5. The van der Waals surface area contributed by atoms with Crippen molar-refractivity contribution >= 4 is 34.4 Å². The van der Waals surface area contributed by atoms with Gasteiger partial charge in [-0.15, -0.1) is 0 Å². The SMILES string of the molecule is CNC(=O)NC(=O)CN1CC(c2ccccc2Cl)c2c([nH]c3ccccc23)C1C. The van der Waals surface area contributed by atoms with Gasteiger partial charge in [0.1, 0.15) is 0 Å². The molecule has 0 saturated heterocycles. The van der Waals surface area contributed by atoms with Gasteiger partial charge in [-0.3, -0.25) is 15.0 Å². The number of imide groups is 1. The van der Waals surface area contributed by atoms with Gasteiger partial charge in [-0.05, 0) is 30.2 Å². The van der Waals surface area contributed by atoms with Crippen molar-refractivity contribution in [2.75, 3.05) is 20.1 Å². The Bertz CT molecular complexity index is 1080. The number of para-hydroxylation sites is 1. The maximum atomic E-state index is 12.4.